The van der Waals surface area contributed by atoms with Gasteiger partial charge in [-0.15, -0.1) is 10.2 Å². The van der Waals surface area contributed by atoms with Gasteiger partial charge in [-0.1, -0.05) is 35.1 Å². The molecule has 31 heavy (non-hydrogen) atoms. The van der Waals surface area contributed by atoms with Crippen molar-refractivity contribution in [2.75, 3.05) is 17.7 Å². The Balaban J connectivity index is 1.91. The van der Waals surface area contributed by atoms with Gasteiger partial charge in [-0.25, -0.2) is 0 Å². The Morgan fingerprint density at radius 1 is 1.26 bits per heavy atom. The van der Waals surface area contributed by atoms with E-state index in [0.29, 0.717) is 44.0 Å². The van der Waals surface area contributed by atoms with Gasteiger partial charge in [0.2, 0.25) is 5.91 Å². The van der Waals surface area contributed by atoms with Gasteiger partial charge in [0.15, 0.2) is 0 Å². The molecule has 0 aliphatic carbocycles. The molecular weight excluding hydrogens is 438 g/mol. The number of thiophene rings is 1. The summed E-state index contributed by atoms with van der Waals surface area (Å²) in [6.45, 7) is 0.280. The second-order valence-electron chi connectivity index (χ2n) is 6.16. The van der Waals surface area contributed by atoms with Gasteiger partial charge in [0.1, 0.15) is 16.1 Å². The number of carbonyl (C=O) groups is 2. The van der Waals surface area contributed by atoms with Crippen LogP contribution >= 0.6 is 22.9 Å². The molecule has 8 nitrogen and oxygen atoms in total. The van der Waals surface area contributed by atoms with Gasteiger partial charge >= 0.3 is 0 Å². The van der Waals surface area contributed by atoms with E-state index in [4.69, 9.17) is 17.3 Å². The largest absolute Gasteiger partial charge is 0.467 e. The summed E-state index contributed by atoms with van der Waals surface area (Å²) in [5, 5.41) is 22.2. The highest BCUT2D eigenvalue weighted by atomic mass is 35.5. The van der Waals surface area contributed by atoms with E-state index in [9.17, 15) is 14.9 Å². The maximum absolute atomic E-state index is 12.0. The summed E-state index contributed by atoms with van der Waals surface area (Å²) in [4.78, 5) is 22.2. The Kier molecular flexibility index (Phi) is 7.32. The lowest BCUT2D eigenvalue weighted by molar-refractivity contribution is -0.129. The van der Waals surface area contributed by atoms with Crippen LogP contribution in [0.3, 0.4) is 0 Å². The van der Waals surface area contributed by atoms with Gasteiger partial charge < -0.3 is 15.8 Å². The van der Waals surface area contributed by atoms with Crippen LogP contribution in [0.2, 0.25) is 5.02 Å². The fourth-order valence-corrected chi connectivity index (χ4v) is 3.66. The van der Waals surface area contributed by atoms with Crippen molar-refractivity contribution in [1.29, 1.82) is 5.26 Å². The summed E-state index contributed by atoms with van der Waals surface area (Å²) < 4.78 is 4.53. The quantitative estimate of drug-likeness (QED) is 0.266. The van der Waals surface area contributed by atoms with Crippen LogP contribution in [0, 0.1) is 11.3 Å². The molecule has 0 saturated heterocycles. The Bertz CT molecular complexity index is 1170. The average Bonchev–Trinajstić information content (AvgIpc) is 3.09. The maximum atomic E-state index is 12.0. The Morgan fingerprint density at radius 2 is 2.03 bits per heavy atom. The van der Waals surface area contributed by atoms with E-state index in [1.807, 2.05) is 0 Å². The second kappa shape index (κ2) is 10.3. The molecule has 156 valence electrons. The van der Waals surface area contributed by atoms with E-state index in [1.54, 1.807) is 48.5 Å². The Labute approximate surface area is 186 Å². The molecule has 0 fully saturated rings. The lowest BCUT2D eigenvalue weighted by Crippen LogP contribution is -2.13. The van der Waals surface area contributed by atoms with E-state index >= 15 is 0 Å². The van der Waals surface area contributed by atoms with Gasteiger partial charge in [-0.2, -0.15) is 5.26 Å². The summed E-state index contributed by atoms with van der Waals surface area (Å²) in [6, 6.07) is 15.9. The molecule has 1 amide bonds. The second-order valence-corrected chi connectivity index (χ2v) is 7.62. The number of nitrogens with two attached hydrogens (primary N) is 1. The molecule has 0 aliphatic heterocycles. The molecule has 10 heteroatoms. The number of nitrogen functional groups attached to an aromatic ring is 1. The number of hydrogen-bond donors (Lipinski definition) is 2. The van der Waals surface area contributed by atoms with Gasteiger partial charge in [-0.3, -0.25) is 9.59 Å². The summed E-state index contributed by atoms with van der Waals surface area (Å²) in [7, 11) is 0. The number of azo groups is 1. The van der Waals surface area contributed by atoms with Gasteiger partial charge in [0, 0.05) is 16.3 Å². The van der Waals surface area contributed by atoms with Gasteiger partial charge in [0.05, 0.1) is 24.3 Å². The van der Waals surface area contributed by atoms with Crippen LogP contribution < -0.4 is 11.1 Å². The molecule has 3 N–H and O–H groups in total. The lowest BCUT2D eigenvalue weighted by atomic mass is 10.0. The van der Waals surface area contributed by atoms with Crippen LogP contribution in [0.1, 0.15) is 12.0 Å². The average molecular weight is 454 g/mol. The predicted octanol–water partition coefficient (Wildman–Crippen LogP) is 5.44. The summed E-state index contributed by atoms with van der Waals surface area (Å²) >= 11 is 7.04. The number of ether oxygens (including phenoxy) is 1. The molecule has 0 aliphatic rings. The first kappa shape index (κ1) is 22.0. The van der Waals surface area contributed by atoms with Crippen molar-refractivity contribution < 1.29 is 14.3 Å². The van der Waals surface area contributed by atoms with Crippen LogP contribution in [-0.4, -0.2) is 19.0 Å². The molecule has 0 unspecified atom stereocenters. The lowest BCUT2D eigenvalue weighted by Gasteiger charge is -2.08. The third-order valence-electron chi connectivity index (χ3n) is 4.06. The third kappa shape index (κ3) is 5.66. The van der Waals surface area contributed by atoms with E-state index in [0.717, 1.165) is 11.3 Å². The number of nitrogens with zero attached hydrogens (tertiary/aromatic N) is 3. The molecule has 0 saturated carbocycles. The number of anilines is 2. The van der Waals surface area contributed by atoms with Crippen molar-refractivity contribution in [3.05, 3.63) is 59.1 Å². The molecule has 1 heterocycles. The number of halogens is 1. The molecular formula is C21H16ClN5O3S. The molecule has 3 aromatic rings. The van der Waals surface area contributed by atoms with Crippen LogP contribution in [0.5, 0.6) is 0 Å². The van der Waals surface area contributed by atoms with Crippen molar-refractivity contribution >= 4 is 56.7 Å². The maximum Gasteiger partial charge on any atom is 0.293 e. The fraction of sp³-hybridized carbons (Fsp3) is 0.0952. The molecule has 0 atom stereocenters. The highest BCUT2D eigenvalue weighted by molar-refractivity contribution is 7.20. The molecule has 0 radical (unpaired) electrons. The zero-order chi connectivity index (χ0) is 22.2. The SMILES string of the molecule is N#Cc1c(N)sc(N=Nc2ccc(Cl)cc2)c1-c1cccc(NC(=O)CCOC=O)c1. The predicted molar refractivity (Wildman–Crippen MR) is 120 cm³/mol. The highest BCUT2D eigenvalue weighted by Crippen LogP contribution is 2.45. The Morgan fingerprint density at radius 3 is 2.74 bits per heavy atom. The minimum atomic E-state index is -0.313. The minimum Gasteiger partial charge on any atom is -0.467 e. The van der Waals surface area contributed by atoms with Crippen molar-refractivity contribution in [2.45, 2.75) is 6.42 Å². The topological polar surface area (TPSA) is 130 Å². The number of nitriles is 1. The molecule has 3 rings (SSSR count). The normalized spacial score (nSPS) is 10.6. The fourth-order valence-electron chi connectivity index (χ4n) is 2.67. The van der Waals surface area contributed by atoms with Crippen LogP contribution in [0.4, 0.5) is 21.4 Å². The number of benzene rings is 2. The number of nitrogens with one attached hydrogen (secondary N) is 1. The monoisotopic (exact) mass is 453 g/mol. The number of amides is 1. The zero-order valence-electron chi connectivity index (χ0n) is 16.0. The number of hydrogen-bond acceptors (Lipinski definition) is 8. The molecule has 1 aromatic heterocycles. The van der Waals surface area contributed by atoms with E-state index in [-0.39, 0.29) is 24.5 Å². The van der Waals surface area contributed by atoms with Gasteiger partial charge in [0.25, 0.3) is 6.47 Å². The van der Waals surface area contributed by atoms with E-state index in [2.05, 4.69) is 26.4 Å². The first-order chi connectivity index (χ1) is 15.0. The highest BCUT2D eigenvalue weighted by Gasteiger charge is 2.19. The van der Waals surface area contributed by atoms with Crippen molar-refractivity contribution in [2.24, 2.45) is 10.2 Å². The standard InChI is InChI=1S/C21H16ClN5O3S/c22-14-4-6-15(7-5-14)26-27-21-19(17(11-23)20(24)31-21)13-2-1-3-16(10-13)25-18(29)8-9-30-12-28/h1-7,10,12H,8-9,24H2,(H,25,29). The molecule has 2 aromatic carbocycles. The van der Waals surface area contributed by atoms with Crippen molar-refractivity contribution in [3.8, 4) is 17.2 Å². The Hall–Kier alpha value is -3.74. The summed E-state index contributed by atoms with van der Waals surface area (Å²) in [6.07, 6.45) is 0.0262. The molecule has 0 bridgehead atoms. The third-order valence-corrected chi connectivity index (χ3v) is 5.22. The van der Waals surface area contributed by atoms with Gasteiger partial charge in [-0.05, 0) is 42.0 Å². The van der Waals surface area contributed by atoms with Crippen LogP contribution in [0.25, 0.3) is 11.1 Å². The first-order valence-electron chi connectivity index (χ1n) is 8.97. The van der Waals surface area contributed by atoms with E-state index in [1.165, 1.54) is 0 Å². The minimum absolute atomic E-state index is 0.0100. The van der Waals surface area contributed by atoms with E-state index < -0.39 is 0 Å². The van der Waals surface area contributed by atoms with Crippen molar-refractivity contribution in [1.82, 2.24) is 0 Å². The van der Waals surface area contributed by atoms with Crippen LogP contribution in [-0.2, 0) is 14.3 Å². The number of carbonyl (C=O) groups excluding carboxylic acids is 2. The molecule has 0 spiro atoms. The first-order valence-corrected chi connectivity index (χ1v) is 10.2. The summed E-state index contributed by atoms with van der Waals surface area (Å²) in [5.74, 6) is -0.313. The summed E-state index contributed by atoms with van der Waals surface area (Å²) in [5.41, 5.74) is 8.61. The zero-order valence-corrected chi connectivity index (χ0v) is 17.6. The smallest absolute Gasteiger partial charge is 0.293 e. The van der Waals surface area contributed by atoms with Crippen molar-refractivity contribution in [3.63, 3.8) is 0 Å². The number of rotatable bonds is 8. The van der Waals surface area contributed by atoms with Crippen LogP contribution in [0.15, 0.2) is 58.8 Å².